The van der Waals surface area contributed by atoms with Gasteiger partial charge in [-0.2, -0.15) is 0 Å². The highest BCUT2D eigenvalue weighted by molar-refractivity contribution is 9.10. The average molecular weight is 1820 g/mol. The molecule has 129 heavy (non-hydrogen) atoms. The molecule has 0 spiro atoms. The number of aryl methyl sites for hydroxylation is 6. The number of aromatic amines is 1. The Morgan fingerprint density at radius 3 is 1.16 bits per heavy atom. The first-order chi connectivity index (χ1) is 61.5. The van der Waals surface area contributed by atoms with Gasteiger partial charge in [-0.3, -0.25) is 19.2 Å². The average Bonchev–Trinajstić information content (AvgIpc) is 1.29. The standard InChI is InChI=1S/C33H37N5O4.C28H31BrN2O4.C26H31N5O4.C11H18BN3O2/c1-20(2)42-28-15-26(25-16-35-33(34-6)36-17-25)30-29(23(28)5)32(39)38(12-13-40-30)18-27-21(3)14-22(4)37-31(27)41-19-24-10-8-7-9-11-24;1-17(2)35-24-14-23(29)26-25(20(24)5)28(32)31(11-12-33-26)15-22-18(3)13-19(4)30-27(22)34-16-21-9-7-6-8-10-21;1-14(2)35-21-10-19(18-11-28-26(27-6)29-12-18)23-22(17(21)5)25(33)31(7-8-34-23)13-20-15(3)9-16(4)30-24(20)32;1-10(2)11(3,4)17-12(16-10)8-6-14-9(13-5)15-7-8/h7-11,14-17,20H,12-13,18-19H2,1-6H3,(H,34,35,36);6-10,13-14,17H,11-12,15-16H2,1-5H3;9-12,14H,7-8,13H2,1-6H3,(H,30,32)(H,27,28,29);6-7H,1-5H3,(H,13,14,15). The van der Waals surface area contributed by atoms with E-state index in [9.17, 15) is 19.2 Å². The third-order valence-electron chi connectivity index (χ3n) is 22.5. The maximum Gasteiger partial charge on any atom is 0.498 e. The molecule has 10 heterocycles. The first kappa shape index (κ1) is 95.4. The second kappa shape index (κ2) is 42.0. The predicted molar refractivity (Wildman–Crippen MR) is 503 cm³/mol. The summed E-state index contributed by atoms with van der Waals surface area (Å²) in [6.45, 7) is 41.0. The van der Waals surface area contributed by atoms with E-state index in [0.717, 1.165) is 78.2 Å². The Balaban J connectivity index is 0.000000161. The maximum absolute atomic E-state index is 14.3. The summed E-state index contributed by atoms with van der Waals surface area (Å²) < 4.78 is 61.7. The number of pyridine rings is 3. The lowest BCUT2D eigenvalue weighted by atomic mass is 9.81. The fraction of sp³-hybridized carbons (Fsp3) is 0.388. The summed E-state index contributed by atoms with van der Waals surface area (Å²) >= 11 is 3.57. The fourth-order valence-electron chi connectivity index (χ4n) is 15.1. The highest BCUT2D eigenvalue weighted by atomic mass is 79.9. The van der Waals surface area contributed by atoms with Gasteiger partial charge in [0.15, 0.2) is 0 Å². The topological polar surface area (TPSA) is 325 Å². The van der Waals surface area contributed by atoms with Crippen molar-refractivity contribution in [3.05, 3.63) is 244 Å². The van der Waals surface area contributed by atoms with Crippen molar-refractivity contribution >= 4 is 64.1 Å². The van der Waals surface area contributed by atoms with Crippen molar-refractivity contribution < 1.29 is 61.6 Å². The smallest absolute Gasteiger partial charge is 0.491 e. The van der Waals surface area contributed by atoms with Gasteiger partial charge < -0.3 is 82.8 Å². The number of H-pyrrole nitrogens is 1. The van der Waals surface area contributed by atoms with Crippen LogP contribution in [-0.4, -0.2) is 175 Å². The van der Waals surface area contributed by atoms with Crippen LogP contribution < -0.4 is 64.9 Å². The zero-order valence-corrected chi connectivity index (χ0v) is 79.4. The largest absolute Gasteiger partial charge is 0.498 e. The predicted octanol–water partition coefficient (Wildman–Crippen LogP) is 16.5. The molecule has 15 rings (SSSR count). The molecule has 5 aromatic carbocycles. The Bertz CT molecular complexity index is 5870. The lowest BCUT2D eigenvalue weighted by molar-refractivity contribution is 0.00578. The van der Waals surface area contributed by atoms with Crippen LogP contribution in [0.5, 0.6) is 46.3 Å². The van der Waals surface area contributed by atoms with Gasteiger partial charge >= 0.3 is 7.12 Å². The third-order valence-corrected chi connectivity index (χ3v) is 23.1. The number of anilines is 3. The number of carbonyl (C=O) groups excluding carboxylic acids is 3. The Labute approximate surface area is 763 Å². The molecule has 4 aliphatic heterocycles. The molecular weight excluding hydrogens is 1700 g/mol. The molecule has 0 atom stereocenters. The van der Waals surface area contributed by atoms with Gasteiger partial charge in [0.1, 0.15) is 67.5 Å². The first-order valence-corrected chi connectivity index (χ1v) is 44.1. The lowest BCUT2D eigenvalue weighted by Crippen LogP contribution is -2.41. The van der Waals surface area contributed by atoms with E-state index < -0.39 is 7.12 Å². The Kier molecular flexibility index (Phi) is 31.1. The normalized spacial score (nSPS) is 14.3. The number of hydrogen-bond donors (Lipinski definition) is 4. The summed E-state index contributed by atoms with van der Waals surface area (Å²) in [5, 5.41) is 8.72. The van der Waals surface area contributed by atoms with Crippen LogP contribution in [0.4, 0.5) is 17.8 Å². The molecule has 29 nitrogen and oxygen atoms in total. The minimum absolute atomic E-state index is 0.0119. The highest BCUT2D eigenvalue weighted by Gasteiger charge is 2.52. The van der Waals surface area contributed by atoms with E-state index in [4.69, 9.17) is 52.2 Å². The van der Waals surface area contributed by atoms with Gasteiger partial charge in [-0.1, -0.05) is 60.7 Å². The zero-order valence-electron chi connectivity index (χ0n) is 77.8. The molecule has 11 aromatic rings. The van der Waals surface area contributed by atoms with Crippen molar-refractivity contribution in [2.24, 2.45) is 0 Å². The molecule has 4 N–H and O–H groups in total. The number of ether oxygens (including phenoxy) is 8. The van der Waals surface area contributed by atoms with Crippen LogP contribution in [0.1, 0.15) is 179 Å². The summed E-state index contributed by atoms with van der Waals surface area (Å²) in [5.41, 5.74) is 16.3. The van der Waals surface area contributed by atoms with E-state index in [1.807, 2.05) is 229 Å². The number of carbonyl (C=O) groups is 3. The monoisotopic (exact) mass is 1820 g/mol. The van der Waals surface area contributed by atoms with Crippen molar-refractivity contribution in [1.29, 1.82) is 0 Å². The van der Waals surface area contributed by atoms with Gasteiger partial charge in [0, 0.05) is 137 Å². The van der Waals surface area contributed by atoms with Gasteiger partial charge in [0.05, 0.1) is 89.9 Å². The van der Waals surface area contributed by atoms with E-state index in [-0.39, 0.29) is 65.9 Å². The summed E-state index contributed by atoms with van der Waals surface area (Å²) in [6.07, 6.45) is 10.1. The van der Waals surface area contributed by atoms with Crippen LogP contribution in [-0.2, 0) is 42.2 Å². The summed E-state index contributed by atoms with van der Waals surface area (Å²) in [6, 6.07) is 31.6. The first-order valence-electron chi connectivity index (χ1n) is 43.3. The molecule has 1 fully saturated rings. The van der Waals surface area contributed by atoms with Crippen LogP contribution in [0.2, 0.25) is 0 Å². The molecular formula is C98H117BBrN15O14. The molecule has 0 radical (unpaired) electrons. The van der Waals surface area contributed by atoms with E-state index in [1.54, 1.807) is 73.0 Å². The number of aromatic nitrogens is 9. The molecule has 0 aliphatic carbocycles. The van der Waals surface area contributed by atoms with Gasteiger partial charge in [-0.25, -0.2) is 39.9 Å². The maximum atomic E-state index is 14.3. The molecule has 678 valence electrons. The van der Waals surface area contributed by atoms with Crippen molar-refractivity contribution in [2.75, 3.05) is 76.5 Å². The molecule has 6 aromatic heterocycles. The number of benzene rings is 5. The minimum atomic E-state index is -0.397. The number of amides is 3. The number of halogens is 1. The van der Waals surface area contributed by atoms with Crippen molar-refractivity contribution in [2.45, 2.75) is 194 Å². The van der Waals surface area contributed by atoms with E-state index in [1.165, 1.54) is 0 Å². The van der Waals surface area contributed by atoms with Crippen LogP contribution in [0, 0.1) is 62.3 Å². The van der Waals surface area contributed by atoms with Crippen LogP contribution >= 0.6 is 15.9 Å². The number of hydrogen-bond acceptors (Lipinski definition) is 25. The molecule has 1 saturated heterocycles. The second-order valence-electron chi connectivity index (χ2n) is 33.9. The number of fused-ring (bicyclic) bond motifs is 3. The van der Waals surface area contributed by atoms with Crippen LogP contribution in [0.25, 0.3) is 22.3 Å². The third kappa shape index (κ3) is 22.9. The number of nitrogens with one attached hydrogen (secondary N) is 4. The molecule has 31 heteroatoms. The fourth-order valence-corrected chi connectivity index (χ4v) is 15.6. The van der Waals surface area contributed by atoms with Crippen molar-refractivity contribution in [3.8, 4) is 68.5 Å². The quantitative estimate of drug-likeness (QED) is 0.0408. The van der Waals surface area contributed by atoms with Crippen LogP contribution in [0.15, 0.2) is 144 Å². The van der Waals surface area contributed by atoms with Gasteiger partial charge in [0.25, 0.3) is 23.3 Å². The summed E-state index contributed by atoms with van der Waals surface area (Å²) in [5.74, 6) is 5.65. The van der Waals surface area contributed by atoms with Gasteiger partial charge in [-0.15, -0.1) is 0 Å². The SMILES string of the molecule is CNc1ncc(-c2cc(OC(C)C)c(C)c3c2OCCN(Cc2c(C)cc(C)[nH]c2=O)C3=O)cn1.CNc1ncc(-c2cc(OC(C)C)c(C)c3c2OCCN(Cc2c(C)cc(C)nc2OCc2ccccc2)C3=O)cn1.CNc1ncc(B2OC(C)(C)C(C)(C)O2)cn1.Cc1cc(C)c(CN2CCOc3c(Br)cc(OC(C)C)c(C)c3C2=O)c(OCc2ccccc2)n1. The molecule has 0 bridgehead atoms. The summed E-state index contributed by atoms with van der Waals surface area (Å²) in [7, 11) is 4.90. The lowest BCUT2D eigenvalue weighted by Gasteiger charge is -2.32. The van der Waals surface area contributed by atoms with Gasteiger partial charge in [0.2, 0.25) is 29.6 Å². The van der Waals surface area contributed by atoms with E-state index >= 15 is 0 Å². The number of rotatable bonds is 24. The Hall–Kier alpha value is -12.7. The van der Waals surface area contributed by atoms with Crippen LogP contribution in [0.3, 0.4) is 0 Å². The van der Waals surface area contributed by atoms with E-state index in [0.29, 0.717) is 172 Å². The molecule has 3 amide bonds. The second-order valence-corrected chi connectivity index (χ2v) is 34.8. The highest BCUT2D eigenvalue weighted by Crippen LogP contribution is 2.46. The molecule has 4 aliphatic rings. The minimum Gasteiger partial charge on any atom is -0.491 e. The van der Waals surface area contributed by atoms with Crippen molar-refractivity contribution in [1.82, 2.24) is 59.6 Å². The van der Waals surface area contributed by atoms with Gasteiger partial charge in [-0.05, 0) is 212 Å². The summed E-state index contributed by atoms with van der Waals surface area (Å²) in [4.78, 5) is 97.9. The van der Waals surface area contributed by atoms with Crippen molar-refractivity contribution in [3.63, 3.8) is 0 Å². The zero-order chi connectivity index (χ0) is 92.9. The number of nitrogens with zero attached hydrogens (tertiary/aromatic N) is 11. The van der Waals surface area contributed by atoms with E-state index in [2.05, 4.69) is 71.8 Å². The molecule has 0 saturated carbocycles. The molecule has 0 unspecified atom stereocenters. The Morgan fingerprint density at radius 2 is 0.798 bits per heavy atom. The Morgan fingerprint density at radius 1 is 0.457 bits per heavy atom.